The van der Waals surface area contributed by atoms with Crippen molar-refractivity contribution in [3.63, 3.8) is 0 Å². The Hall–Kier alpha value is -1.56. The van der Waals surface area contributed by atoms with Crippen LogP contribution in [0.1, 0.15) is 5.82 Å². The monoisotopic (exact) mass is 182 g/mol. The van der Waals surface area contributed by atoms with E-state index in [1.54, 1.807) is 13.2 Å². The average molecular weight is 182 g/mol. The Morgan fingerprint density at radius 2 is 2.54 bits per heavy atom. The predicted octanol–water partition coefficient (Wildman–Crippen LogP) is -1.04. The van der Waals surface area contributed by atoms with E-state index in [1.807, 2.05) is 17.8 Å². The third-order valence-electron chi connectivity index (χ3n) is 1.70. The van der Waals surface area contributed by atoms with E-state index < -0.39 is 0 Å². The summed E-state index contributed by atoms with van der Waals surface area (Å²) in [5.74, 6) is 6.66. The maximum absolute atomic E-state index is 5.19. The molecule has 4 N–H and O–H groups in total. The van der Waals surface area contributed by atoms with Crippen molar-refractivity contribution >= 4 is 5.96 Å². The number of aromatic nitrogens is 2. The number of nitrogens with two attached hydrogens (primary N) is 1. The van der Waals surface area contributed by atoms with Crippen molar-refractivity contribution in [1.82, 2.24) is 20.3 Å². The summed E-state index contributed by atoms with van der Waals surface area (Å²) in [7, 11) is 3.59. The number of aryl methyl sites for hydroxylation is 1. The van der Waals surface area contributed by atoms with Gasteiger partial charge in [0.1, 0.15) is 5.82 Å². The van der Waals surface area contributed by atoms with Gasteiger partial charge in [0.2, 0.25) is 5.96 Å². The minimum absolute atomic E-state index is 0.544. The number of hydrazine groups is 1. The lowest BCUT2D eigenvalue weighted by Crippen LogP contribution is -2.41. The smallest absolute Gasteiger partial charge is 0.205 e. The van der Waals surface area contributed by atoms with Crippen molar-refractivity contribution in [2.45, 2.75) is 6.54 Å². The van der Waals surface area contributed by atoms with Gasteiger partial charge in [0.15, 0.2) is 0 Å². The Labute approximate surface area is 76.8 Å². The molecule has 72 valence electrons. The molecule has 0 radical (unpaired) electrons. The quantitative estimate of drug-likeness (QED) is 0.236. The molecule has 0 saturated heterocycles. The maximum Gasteiger partial charge on any atom is 0.205 e. The first-order valence-corrected chi connectivity index (χ1v) is 3.91. The molecule has 13 heavy (non-hydrogen) atoms. The van der Waals surface area contributed by atoms with Gasteiger partial charge in [-0.1, -0.05) is 0 Å². The van der Waals surface area contributed by atoms with Crippen molar-refractivity contribution in [3.8, 4) is 0 Å². The van der Waals surface area contributed by atoms with E-state index in [0.717, 1.165) is 5.82 Å². The summed E-state index contributed by atoms with van der Waals surface area (Å²) in [5.41, 5.74) is 2.44. The maximum atomic E-state index is 5.19. The molecule has 0 saturated carbocycles. The summed E-state index contributed by atoms with van der Waals surface area (Å²) in [6, 6.07) is 0. The number of hydrogen-bond acceptors (Lipinski definition) is 3. The van der Waals surface area contributed by atoms with Crippen LogP contribution in [0, 0.1) is 0 Å². The van der Waals surface area contributed by atoms with Gasteiger partial charge in [0.25, 0.3) is 0 Å². The fourth-order valence-electron chi connectivity index (χ4n) is 0.924. The first-order chi connectivity index (χ1) is 6.27. The van der Waals surface area contributed by atoms with Gasteiger partial charge < -0.3 is 9.88 Å². The van der Waals surface area contributed by atoms with E-state index in [1.165, 1.54) is 0 Å². The average Bonchev–Trinajstić information content (AvgIpc) is 2.54. The lowest BCUT2D eigenvalue weighted by Gasteiger charge is -2.07. The summed E-state index contributed by atoms with van der Waals surface area (Å²) in [5, 5.41) is 2.99. The first kappa shape index (κ1) is 9.53. The van der Waals surface area contributed by atoms with Gasteiger partial charge >= 0.3 is 0 Å². The van der Waals surface area contributed by atoms with Crippen molar-refractivity contribution in [2.75, 3.05) is 7.05 Å². The molecule has 0 unspecified atom stereocenters. The SMILES string of the molecule is CN=C(NN)NCc1nccn1C. The number of nitrogens with one attached hydrogen (secondary N) is 2. The molecule has 1 aromatic rings. The molecule has 1 rings (SSSR count). The van der Waals surface area contributed by atoms with Gasteiger partial charge in [0.05, 0.1) is 6.54 Å². The van der Waals surface area contributed by atoms with Gasteiger partial charge in [-0.2, -0.15) is 0 Å². The Balaban J connectivity index is 2.48. The van der Waals surface area contributed by atoms with E-state index >= 15 is 0 Å². The number of nitrogens with zero attached hydrogens (tertiary/aromatic N) is 3. The summed E-state index contributed by atoms with van der Waals surface area (Å²) in [6.07, 6.45) is 3.63. The normalized spacial score (nSPS) is 11.5. The van der Waals surface area contributed by atoms with Crippen LogP contribution in [0.15, 0.2) is 17.4 Å². The molecule has 6 nitrogen and oxygen atoms in total. The third-order valence-corrected chi connectivity index (χ3v) is 1.70. The number of hydrogen-bond donors (Lipinski definition) is 3. The number of guanidine groups is 1. The second kappa shape index (κ2) is 4.46. The fourth-order valence-corrected chi connectivity index (χ4v) is 0.924. The van der Waals surface area contributed by atoms with Crippen LogP contribution in [-0.2, 0) is 13.6 Å². The van der Waals surface area contributed by atoms with Crippen LogP contribution in [0.5, 0.6) is 0 Å². The molecule has 0 aliphatic heterocycles. The number of rotatable bonds is 2. The van der Waals surface area contributed by atoms with E-state index in [-0.39, 0.29) is 0 Å². The molecule has 1 heterocycles. The zero-order valence-electron chi connectivity index (χ0n) is 7.78. The van der Waals surface area contributed by atoms with Crippen LogP contribution >= 0.6 is 0 Å². The minimum Gasteiger partial charge on any atom is -0.348 e. The van der Waals surface area contributed by atoms with Gasteiger partial charge in [0, 0.05) is 26.5 Å². The Bertz CT molecular complexity index is 289. The molecule has 0 fully saturated rings. The van der Waals surface area contributed by atoms with Crippen molar-refractivity contribution in [1.29, 1.82) is 0 Å². The van der Waals surface area contributed by atoms with E-state index in [2.05, 4.69) is 20.7 Å². The standard InChI is InChI=1S/C7H14N6/c1-9-7(12-8)11-5-6-10-3-4-13(6)2/h3-4H,5,8H2,1-2H3,(H2,9,11,12). The molecule has 0 spiro atoms. The van der Waals surface area contributed by atoms with Crippen LogP contribution in [0.3, 0.4) is 0 Å². The summed E-state index contributed by atoms with van der Waals surface area (Å²) in [4.78, 5) is 8.00. The molecule has 0 amide bonds. The zero-order chi connectivity index (χ0) is 9.68. The summed E-state index contributed by atoms with van der Waals surface area (Å²) >= 11 is 0. The molecular weight excluding hydrogens is 168 g/mol. The first-order valence-electron chi connectivity index (χ1n) is 3.91. The molecule has 0 aliphatic carbocycles. The van der Waals surface area contributed by atoms with E-state index in [4.69, 9.17) is 5.84 Å². The topological polar surface area (TPSA) is 80.3 Å². The summed E-state index contributed by atoms with van der Waals surface area (Å²) in [6.45, 7) is 0.598. The molecule has 0 atom stereocenters. The number of aliphatic imine (C=N–C) groups is 1. The van der Waals surface area contributed by atoms with Crippen LogP contribution in [-0.4, -0.2) is 22.6 Å². The van der Waals surface area contributed by atoms with Crippen molar-refractivity contribution in [2.24, 2.45) is 17.9 Å². The van der Waals surface area contributed by atoms with E-state index in [9.17, 15) is 0 Å². The lowest BCUT2D eigenvalue weighted by atomic mass is 10.6. The second-order valence-electron chi connectivity index (χ2n) is 2.52. The zero-order valence-corrected chi connectivity index (χ0v) is 7.78. The highest BCUT2D eigenvalue weighted by Crippen LogP contribution is 1.92. The van der Waals surface area contributed by atoms with Crippen LogP contribution in [0.4, 0.5) is 0 Å². The van der Waals surface area contributed by atoms with Gasteiger partial charge in [-0.15, -0.1) is 0 Å². The van der Waals surface area contributed by atoms with Gasteiger partial charge in [-0.25, -0.2) is 10.8 Å². The third kappa shape index (κ3) is 2.45. The molecule has 0 aliphatic rings. The van der Waals surface area contributed by atoms with Crippen LogP contribution < -0.4 is 16.6 Å². The lowest BCUT2D eigenvalue weighted by molar-refractivity contribution is 0.733. The molecule has 0 bridgehead atoms. The molecule has 0 aromatic carbocycles. The Morgan fingerprint density at radius 3 is 3.00 bits per heavy atom. The molecule has 1 aromatic heterocycles. The van der Waals surface area contributed by atoms with Crippen molar-refractivity contribution in [3.05, 3.63) is 18.2 Å². The molecular formula is C7H14N6. The largest absolute Gasteiger partial charge is 0.348 e. The highest BCUT2D eigenvalue weighted by atomic mass is 15.3. The fraction of sp³-hybridized carbons (Fsp3) is 0.429. The second-order valence-corrected chi connectivity index (χ2v) is 2.52. The van der Waals surface area contributed by atoms with E-state index in [0.29, 0.717) is 12.5 Å². The van der Waals surface area contributed by atoms with Crippen LogP contribution in [0.25, 0.3) is 0 Å². The highest BCUT2D eigenvalue weighted by Gasteiger charge is 1.99. The van der Waals surface area contributed by atoms with Gasteiger partial charge in [-0.3, -0.25) is 10.4 Å². The summed E-state index contributed by atoms with van der Waals surface area (Å²) < 4.78 is 1.93. The van der Waals surface area contributed by atoms with Gasteiger partial charge in [-0.05, 0) is 0 Å². The Kier molecular flexibility index (Phi) is 3.27. The number of imidazole rings is 1. The Morgan fingerprint density at radius 1 is 1.77 bits per heavy atom. The predicted molar refractivity (Wildman–Crippen MR) is 50.7 cm³/mol. The highest BCUT2D eigenvalue weighted by molar-refractivity contribution is 5.78. The van der Waals surface area contributed by atoms with Crippen LogP contribution in [0.2, 0.25) is 0 Å². The van der Waals surface area contributed by atoms with Crippen molar-refractivity contribution < 1.29 is 0 Å². The molecule has 6 heteroatoms. The minimum atomic E-state index is 0.544.